The first-order chi connectivity index (χ1) is 10.2. The Morgan fingerprint density at radius 2 is 2.14 bits per heavy atom. The van der Waals surface area contributed by atoms with Crippen molar-refractivity contribution < 1.29 is 13.9 Å². The number of nitrogens with two attached hydrogens (primary N) is 1. The third-order valence-electron chi connectivity index (χ3n) is 3.38. The van der Waals surface area contributed by atoms with Crippen LogP contribution < -0.4 is 10.5 Å². The number of guanidine groups is 1. The van der Waals surface area contributed by atoms with Gasteiger partial charge in [0.25, 0.3) is 0 Å². The summed E-state index contributed by atoms with van der Waals surface area (Å²) in [5, 5.41) is 0. The SMILES string of the molecule is CCC(CN=C(N)N1CCOCC1)Oc1ccccc1F. The van der Waals surface area contributed by atoms with E-state index in [2.05, 4.69) is 4.99 Å². The van der Waals surface area contributed by atoms with Crippen LogP contribution in [0.4, 0.5) is 4.39 Å². The normalized spacial score (nSPS) is 17.6. The molecule has 1 fully saturated rings. The van der Waals surface area contributed by atoms with Gasteiger partial charge in [-0.15, -0.1) is 0 Å². The van der Waals surface area contributed by atoms with E-state index in [9.17, 15) is 4.39 Å². The number of nitrogens with zero attached hydrogens (tertiary/aromatic N) is 2. The van der Waals surface area contributed by atoms with Gasteiger partial charge >= 0.3 is 0 Å². The molecule has 1 atom stereocenters. The lowest BCUT2D eigenvalue weighted by atomic mass is 10.2. The van der Waals surface area contributed by atoms with Crippen LogP contribution >= 0.6 is 0 Å². The molecule has 1 aromatic rings. The molecule has 2 rings (SSSR count). The molecule has 5 nitrogen and oxygen atoms in total. The summed E-state index contributed by atoms with van der Waals surface area (Å²) in [6.45, 7) is 5.22. The van der Waals surface area contributed by atoms with Crippen LogP contribution in [-0.2, 0) is 4.74 Å². The summed E-state index contributed by atoms with van der Waals surface area (Å²) in [6.07, 6.45) is 0.537. The van der Waals surface area contributed by atoms with E-state index in [1.807, 2.05) is 11.8 Å². The summed E-state index contributed by atoms with van der Waals surface area (Å²) in [5.41, 5.74) is 5.97. The van der Waals surface area contributed by atoms with Crippen LogP contribution in [0.25, 0.3) is 0 Å². The van der Waals surface area contributed by atoms with Crippen LogP contribution in [0.2, 0.25) is 0 Å². The van der Waals surface area contributed by atoms with Crippen molar-refractivity contribution in [3.8, 4) is 5.75 Å². The Kier molecular flexibility index (Phi) is 5.80. The number of benzene rings is 1. The van der Waals surface area contributed by atoms with E-state index in [0.717, 1.165) is 19.5 Å². The fraction of sp³-hybridized carbons (Fsp3) is 0.533. The van der Waals surface area contributed by atoms with Crippen LogP contribution in [0.1, 0.15) is 13.3 Å². The van der Waals surface area contributed by atoms with Gasteiger partial charge in [-0.2, -0.15) is 0 Å². The highest BCUT2D eigenvalue weighted by Gasteiger charge is 2.14. The maximum absolute atomic E-state index is 13.6. The zero-order valence-electron chi connectivity index (χ0n) is 12.3. The summed E-state index contributed by atoms with van der Waals surface area (Å²) < 4.78 is 24.5. The minimum Gasteiger partial charge on any atom is -0.485 e. The smallest absolute Gasteiger partial charge is 0.191 e. The number of halogens is 1. The van der Waals surface area contributed by atoms with Crippen LogP contribution in [0.5, 0.6) is 5.75 Å². The molecule has 0 spiro atoms. The highest BCUT2D eigenvalue weighted by molar-refractivity contribution is 5.78. The Bertz CT molecular complexity index is 476. The maximum atomic E-state index is 13.6. The van der Waals surface area contributed by atoms with E-state index in [-0.39, 0.29) is 17.7 Å². The number of aliphatic imine (C=N–C) groups is 1. The molecule has 1 heterocycles. The number of hydrogen-bond acceptors (Lipinski definition) is 3. The van der Waals surface area contributed by atoms with Crippen molar-refractivity contribution in [2.45, 2.75) is 19.4 Å². The maximum Gasteiger partial charge on any atom is 0.191 e. The Balaban J connectivity index is 1.91. The zero-order chi connectivity index (χ0) is 15.1. The largest absolute Gasteiger partial charge is 0.485 e. The van der Waals surface area contributed by atoms with Gasteiger partial charge in [0, 0.05) is 13.1 Å². The van der Waals surface area contributed by atoms with Crippen molar-refractivity contribution in [1.29, 1.82) is 0 Å². The van der Waals surface area contributed by atoms with Crippen molar-refractivity contribution in [2.24, 2.45) is 10.7 Å². The minimum atomic E-state index is -0.360. The van der Waals surface area contributed by atoms with Gasteiger partial charge in [0.05, 0.1) is 19.8 Å². The number of rotatable bonds is 5. The van der Waals surface area contributed by atoms with Gasteiger partial charge in [-0.05, 0) is 18.6 Å². The quantitative estimate of drug-likeness (QED) is 0.662. The standard InChI is InChI=1S/C15H22FN3O2/c1-2-12(21-14-6-4-3-5-13(14)16)11-18-15(17)19-7-9-20-10-8-19/h3-6,12H,2,7-11H2,1H3,(H2,17,18). The van der Waals surface area contributed by atoms with E-state index < -0.39 is 0 Å². The zero-order valence-corrected chi connectivity index (χ0v) is 12.3. The molecule has 21 heavy (non-hydrogen) atoms. The molecule has 2 N–H and O–H groups in total. The predicted molar refractivity (Wildman–Crippen MR) is 80.0 cm³/mol. The van der Waals surface area contributed by atoms with Crippen molar-refractivity contribution in [1.82, 2.24) is 4.90 Å². The minimum absolute atomic E-state index is 0.193. The third kappa shape index (κ3) is 4.60. The van der Waals surface area contributed by atoms with Gasteiger partial charge in [0.15, 0.2) is 17.5 Å². The first-order valence-corrected chi connectivity index (χ1v) is 7.24. The highest BCUT2D eigenvalue weighted by atomic mass is 19.1. The molecule has 1 aliphatic rings. The second-order valence-electron chi connectivity index (χ2n) is 4.88. The summed E-state index contributed by atoms with van der Waals surface area (Å²) in [5.74, 6) is 0.388. The molecule has 0 bridgehead atoms. The lowest BCUT2D eigenvalue weighted by Gasteiger charge is -2.28. The lowest BCUT2D eigenvalue weighted by Crippen LogP contribution is -2.45. The van der Waals surface area contributed by atoms with E-state index in [1.54, 1.807) is 18.2 Å². The number of para-hydroxylation sites is 1. The second kappa shape index (κ2) is 7.83. The summed E-state index contributed by atoms with van der Waals surface area (Å²) in [7, 11) is 0. The molecule has 1 aromatic carbocycles. The monoisotopic (exact) mass is 295 g/mol. The number of hydrogen-bond donors (Lipinski definition) is 1. The molecule has 6 heteroatoms. The van der Waals surface area contributed by atoms with Gasteiger partial charge in [-0.25, -0.2) is 9.38 Å². The van der Waals surface area contributed by atoms with Crippen LogP contribution in [0.3, 0.4) is 0 Å². The van der Waals surface area contributed by atoms with Crippen LogP contribution in [0.15, 0.2) is 29.3 Å². The molecule has 1 saturated heterocycles. The van der Waals surface area contributed by atoms with Crippen molar-refractivity contribution in [2.75, 3.05) is 32.8 Å². The van der Waals surface area contributed by atoms with Gasteiger partial charge < -0.3 is 20.1 Å². The lowest BCUT2D eigenvalue weighted by molar-refractivity contribution is 0.0673. The van der Waals surface area contributed by atoms with E-state index in [1.165, 1.54) is 6.07 Å². The Morgan fingerprint density at radius 1 is 1.43 bits per heavy atom. The van der Waals surface area contributed by atoms with E-state index in [4.69, 9.17) is 15.2 Å². The molecule has 1 unspecified atom stereocenters. The average Bonchev–Trinajstić information content (AvgIpc) is 2.53. The van der Waals surface area contributed by atoms with Gasteiger partial charge in [0.1, 0.15) is 6.10 Å². The predicted octanol–water partition coefficient (Wildman–Crippen LogP) is 1.63. The Labute approximate surface area is 124 Å². The number of morpholine rings is 1. The van der Waals surface area contributed by atoms with Crippen molar-refractivity contribution in [3.63, 3.8) is 0 Å². The highest BCUT2D eigenvalue weighted by Crippen LogP contribution is 2.18. The number of ether oxygens (including phenoxy) is 2. The van der Waals surface area contributed by atoms with Gasteiger partial charge in [0.2, 0.25) is 0 Å². The van der Waals surface area contributed by atoms with E-state index >= 15 is 0 Å². The van der Waals surface area contributed by atoms with Gasteiger partial charge in [-0.3, -0.25) is 0 Å². The summed E-state index contributed by atoms with van der Waals surface area (Å²) in [6, 6.07) is 6.38. The molecule has 0 saturated carbocycles. The molecule has 0 radical (unpaired) electrons. The third-order valence-corrected chi connectivity index (χ3v) is 3.38. The Hall–Kier alpha value is -1.82. The second-order valence-corrected chi connectivity index (χ2v) is 4.88. The van der Waals surface area contributed by atoms with Crippen molar-refractivity contribution >= 4 is 5.96 Å². The first-order valence-electron chi connectivity index (χ1n) is 7.24. The van der Waals surface area contributed by atoms with Crippen molar-refractivity contribution in [3.05, 3.63) is 30.1 Å². The molecule has 0 amide bonds. The van der Waals surface area contributed by atoms with Crippen LogP contribution in [-0.4, -0.2) is 49.8 Å². The van der Waals surface area contributed by atoms with E-state index in [0.29, 0.717) is 25.7 Å². The summed E-state index contributed by atoms with van der Waals surface area (Å²) in [4.78, 5) is 6.35. The van der Waals surface area contributed by atoms with Gasteiger partial charge in [-0.1, -0.05) is 19.1 Å². The molecule has 0 aromatic heterocycles. The van der Waals surface area contributed by atoms with Crippen LogP contribution in [0, 0.1) is 5.82 Å². The summed E-state index contributed by atoms with van der Waals surface area (Å²) >= 11 is 0. The fourth-order valence-corrected chi connectivity index (χ4v) is 2.06. The molecule has 1 aliphatic heterocycles. The fourth-order valence-electron chi connectivity index (χ4n) is 2.06. The molecule has 116 valence electrons. The first kappa shape index (κ1) is 15.6. The Morgan fingerprint density at radius 3 is 2.81 bits per heavy atom. The topological polar surface area (TPSA) is 60.1 Å². The molecular weight excluding hydrogens is 273 g/mol. The molecular formula is C15H22FN3O2. The molecule has 0 aliphatic carbocycles. The average molecular weight is 295 g/mol.